The molecule has 2 atom stereocenters. The summed E-state index contributed by atoms with van der Waals surface area (Å²) in [5.74, 6) is -2.25. The number of hydrogen-bond donors (Lipinski definition) is 2. The molecular formula is C36H41F7N5O6P. The van der Waals surface area contributed by atoms with Crippen LogP contribution in [0.25, 0.3) is 0 Å². The largest absolute Gasteiger partial charge is 0.455 e. The van der Waals surface area contributed by atoms with E-state index in [1.54, 1.807) is 47.1 Å². The minimum atomic E-state index is -4.96. The maximum atomic E-state index is 15.2. The van der Waals surface area contributed by atoms with Gasteiger partial charge in [-0.05, 0) is 56.6 Å². The number of rotatable bonds is 15. The number of anilines is 1. The molecule has 1 aliphatic heterocycles. The molecule has 2 N–H and O–H groups in total. The molecule has 1 saturated heterocycles. The first-order valence-corrected chi connectivity index (χ1v) is 19.2. The lowest BCUT2D eigenvalue weighted by molar-refractivity contribution is -0.153. The monoisotopic (exact) mass is 803 g/mol. The summed E-state index contributed by atoms with van der Waals surface area (Å²) in [6, 6.07) is 12.5. The molecule has 0 spiro atoms. The van der Waals surface area contributed by atoms with Gasteiger partial charge in [-0.25, -0.2) is 9.18 Å². The van der Waals surface area contributed by atoms with Gasteiger partial charge >= 0.3 is 25.6 Å². The number of furan rings is 1. The topological polar surface area (TPSA) is 122 Å². The molecule has 5 rings (SSSR count). The summed E-state index contributed by atoms with van der Waals surface area (Å²) in [6.45, 7) is 2.83. The van der Waals surface area contributed by atoms with E-state index in [0.717, 1.165) is 27.3 Å². The number of hydrogen-bond acceptors (Lipinski definition) is 8. The zero-order chi connectivity index (χ0) is 40.1. The zero-order valence-corrected chi connectivity index (χ0v) is 30.9. The van der Waals surface area contributed by atoms with E-state index in [2.05, 4.69) is 5.32 Å². The zero-order valence-electron chi connectivity index (χ0n) is 30.0. The van der Waals surface area contributed by atoms with E-state index in [9.17, 15) is 45.4 Å². The molecule has 19 heteroatoms. The number of nitrogens with one attached hydrogen (secondary N) is 1. The predicted octanol–water partition coefficient (Wildman–Crippen LogP) is 6.40. The number of alkyl halides is 6. The van der Waals surface area contributed by atoms with Crippen LogP contribution in [0, 0.1) is 12.7 Å². The van der Waals surface area contributed by atoms with E-state index in [0.29, 0.717) is 11.6 Å². The van der Waals surface area contributed by atoms with Gasteiger partial charge < -0.3 is 24.1 Å². The second-order valence-electron chi connectivity index (χ2n) is 13.1. The van der Waals surface area contributed by atoms with Gasteiger partial charge in [0.05, 0.1) is 44.0 Å². The van der Waals surface area contributed by atoms with E-state index >= 15 is 4.39 Å². The molecule has 3 heterocycles. The Balaban J connectivity index is 1.51. The van der Waals surface area contributed by atoms with Crippen LogP contribution >= 0.6 is 7.60 Å². The summed E-state index contributed by atoms with van der Waals surface area (Å²) >= 11 is 0. The van der Waals surface area contributed by atoms with Crippen LogP contribution in [-0.4, -0.2) is 64.4 Å². The van der Waals surface area contributed by atoms with Crippen molar-refractivity contribution in [3.05, 3.63) is 121 Å². The predicted molar refractivity (Wildman–Crippen MR) is 190 cm³/mol. The Kier molecular flexibility index (Phi) is 13.2. The number of aromatic nitrogens is 2. The van der Waals surface area contributed by atoms with Crippen molar-refractivity contribution in [3.63, 3.8) is 0 Å². The van der Waals surface area contributed by atoms with Gasteiger partial charge in [0.2, 0.25) is 5.76 Å². The minimum absolute atomic E-state index is 0.00391. The molecule has 0 radical (unpaired) electrons. The molecule has 55 heavy (non-hydrogen) atoms. The van der Waals surface area contributed by atoms with Crippen molar-refractivity contribution >= 4 is 13.3 Å². The van der Waals surface area contributed by atoms with Crippen molar-refractivity contribution < 1.29 is 49.1 Å². The van der Waals surface area contributed by atoms with Crippen LogP contribution in [0.1, 0.15) is 53.3 Å². The van der Waals surface area contributed by atoms with Crippen LogP contribution in [0.2, 0.25) is 0 Å². The average Bonchev–Trinajstić information content (AvgIpc) is 3.60. The first-order chi connectivity index (χ1) is 25.9. The molecular weight excluding hydrogens is 762 g/mol. The highest BCUT2D eigenvalue weighted by Crippen LogP contribution is 2.42. The Morgan fingerprint density at radius 3 is 2.22 bits per heavy atom. The SMILES string of the molecule is CCOP(=O)(O)CCCN[C@@H](Cn1c(=O)c(N2CCN(Cc3ccc(C(F)(F)F)o3)CC2)c(C)n(Cc2c(F)cccc2C(F)(F)F)c1=O)c1ccccc1. The lowest BCUT2D eigenvalue weighted by Gasteiger charge is -2.36. The molecule has 1 aliphatic rings. The van der Waals surface area contributed by atoms with Crippen LogP contribution in [0.3, 0.4) is 0 Å². The van der Waals surface area contributed by atoms with Gasteiger partial charge in [-0.1, -0.05) is 36.4 Å². The van der Waals surface area contributed by atoms with Crippen LogP contribution in [-0.2, 0) is 41.1 Å². The Morgan fingerprint density at radius 1 is 0.909 bits per heavy atom. The number of piperazine rings is 1. The smallest absolute Gasteiger partial charge is 0.449 e. The lowest BCUT2D eigenvalue weighted by atomic mass is 10.1. The molecule has 0 saturated carbocycles. The normalized spacial score (nSPS) is 16.0. The molecule has 0 aliphatic carbocycles. The maximum Gasteiger partial charge on any atom is 0.449 e. The van der Waals surface area contributed by atoms with E-state index in [-0.39, 0.29) is 82.1 Å². The van der Waals surface area contributed by atoms with Crippen molar-refractivity contribution in [1.29, 1.82) is 0 Å². The second kappa shape index (κ2) is 17.3. The summed E-state index contributed by atoms with van der Waals surface area (Å²) in [5, 5.41) is 3.21. The molecule has 300 valence electrons. The molecule has 0 bridgehead atoms. The van der Waals surface area contributed by atoms with E-state index in [1.807, 2.05) is 0 Å². The number of halogens is 7. The summed E-state index contributed by atoms with van der Waals surface area (Å²) in [5.41, 5.74) is -3.20. The average molecular weight is 804 g/mol. The van der Waals surface area contributed by atoms with E-state index in [1.165, 1.54) is 13.0 Å². The molecule has 2 aromatic carbocycles. The Labute approximate surface area is 311 Å². The first kappa shape index (κ1) is 41.9. The fraction of sp³-hybridized carbons (Fsp3) is 0.444. The molecule has 4 aromatic rings. The quantitative estimate of drug-likeness (QED) is 0.0799. The highest BCUT2D eigenvalue weighted by molar-refractivity contribution is 7.52. The highest BCUT2D eigenvalue weighted by atomic mass is 31.2. The molecule has 1 unspecified atom stereocenters. The summed E-state index contributed by atoms with van der Waals surface area (Å²) in [4.78, 5) is 42.1. The lowest BCUT2D eigenvalue weighted by Crippen LogP contribution is -2.51. The fourth-order valence-electron chi connectivity index (χ4n) is 6.58. The maximum absolute atomic E-state index is 15.2. The van der Waals surface area contributed by atoms with Gasteiger partial charge in [-0.2, -0.15) is 26.3 Å². The van der Waals surface area contributed by atoms with E-state index < -0.39 is 66.5 Å². The first-order valence-electron chi connectivity index (χ1n) is 17.5. The third-order valence-corrected chi connectivity index (χ3v) is 10.9. The molecule has 2 aromatic heterocycles. The third kappa shape index (κ3) is 10.4. The van der Waals surface area contributed by atoms with Gasteiger partial charge in [0, 0.05) is 37.4 Å². The van der Waals surface area contributed by atoms with Gasteiger partial charge in [0.1, 0.15) is 17.3 Å². The van der Waals surface area contributed by atoms with Crippen LogP contribution in [0.5, 0.6) is 0 Å². The van der Waals surface area contributed by atoms with Crippen molar-refractivity contribution in [2.45, 2.75) is 58.3 Å². The summed E-state index contributed by atoms with van der Waals surface area (Å²) in [6.07, 6.45) is -9.59. The molecule has 11 nitrogen and oxygen atoms in total. The second-order valence-corrected chi connectivity index (χ2v) is 15.0. The minimum Gasteiger partial charge on any atom is -0.455 e. The third-order valence-electron chi connectivity index (χ3n) is 9.31. The Bertz CT molecular complexity index is 2090. The molecule has 1 fully saturated rings. The van der Waals surface area contributed by atoms with Crippen molar-refractivity contribution in [2.75, 3.05) is 50.4 Å². The van der Waals surface area contributed by atoms with Crippen LogP contribution in [0.4, 0.5) is 36.4 Å². The van der Waals surface area contributed by atoms with Gasteiger partial charge in [-0.15, -0.1) is 0 Å². The van der Waals surface area contributed by atoms with Crippen molar-refractivity contribution in [2.24, 2.45) is 0 Å². The van der Waals surface area contributed by atoms with Crippen molar-refractivity contribution in [3.8, 4) is 0 Å². The van der Waals surface area contributed by atoms with E-state index in [4.69, 9.17) is 8.94 Å². The Hall–Kier alpha value is -4.22. The molecule has 0 amide bonds. The van der Waals surface area contributed by atoms with Gasteiger partial charge in [-0.3, -0.25) is 23.4 Å². The number of benzene rings is 2. The Morgan fingerprint density at radius 2 is 1.60 bits per heavy atom. The fourth-order valence-corrected chi connectivity index (χ4v) is 7.67. The number of nitrogens with zero attached hydrogens (tertiary/aromatic N) is 4. The highest BCUT2D eigenvalue weighted by Gasteiger charge is 2.36. The van der Waals surface area contributed by atoms with Gasteiger partial charge in [0.15, 0.2) is 0 Å². The van der Waals surface area contributed by atoms with Gasteiger partial charge in [0.25, 0.3) is 5.56 Å². The standard InChI is InChI=1S/C36H41F7N5O6P/c1-3-53-55(51,52)20-8-15-44-30(25-9-5-4-6-10-25)23-48-33(49)32(46-18-16-45(17-19-46)21-26-13-14-31(54-26)36(41,42)43)24(2)47(34(48)50)22-27-28(35(38,39)40)11-7-12-29(27)37/h4-7,9-14,30,44H,3,8,15-23H2,1-2H3,(H,51,52)/t30-/m0/s1. The van der Waals surface area contributed by atoms with Crippen LogP contribution < -0.4 is 21.5 Å². The van der Waals surface area contributed by atoms with Crippen molar-refractivity contribution in [1.82, 2.24) is 19.4 Å². The summed E-state index contributed by atoms with van der Waals surface area (Å²) < 4.78 is 121. The van der Waals surface area contributed by atoms with Crippen LogP contribution in [0.15, 0.2) is 74.7 Å². The summed E-state index contributed by atoms with van der Waals surface area (Å²) in [7, 11) is -3.84.